The molecule has 5 rings (SSSR count). The van der Waals surface area contributed by atoms with Gasteiger partial charge in [-0.15, -0.1) is 11.3 Å². The second-order valence-corrected chi connectivity index (χ2v) is 9.23. The molecule has 3 aromatic heterocycles. The molecule has 182 valence electrons. The molecule has 0 fully saturated rings. The Morgan fingerprint density at radius 2 is 1.94 bits per heavy atom. The molecule has 2 N–H and O–H groups in total. The molecule has 1 aliphatic heterocycles. The number of nitrogens with zero attached hydrogens (tertiary/aromatic N) is 4. The number of carbonyl (C=O) groups excluding carboxylic acids is 1. The van der Waals surface area contributed by atoms with E-state index in [0.29, 0.717) is 11.4 Å². The zero-order valence-corrected chi connectivity index (χ0v) is 19.5. The fourth-order valence-corrected chi connectivity index (χ4v) is 5.04. The van der Waals surface area contributed by atoms with Crippen LogP contribution < -0.4 is 16.2 Å². The summed E-state index contributed by atoms with van der Waals surface area (Å²) in [5.74, 6) is -0.679. The lowest BCUT2D eigenvalue weighted by Crippen LogP contribution is -2.35. The number of rotatable bonds is 4. The highest BCUT2D eigenvalue weighted by atomic mass is 32.1. The van der Waals surface area contributed by atoms with E-state index in [1.165, 1.54) is 22.1 Å². The Balaban J connectivity index is 1.47. The van der Waals surface area contributed by atoms with Crippen molar-refractivity contribution in [1.29, 1.82) is 0 Å². The van der Waals surface area contributed by atoms with Gasteiger partial charge in [0, 0.05) is 24.4 Å². The van der Waals surface area contributed by atoms with Crippen LogP contribution in [0.1, 0.15) is 39.6 Å². The summed E-state index contributed by atoms with van der Waals surface area (Å²) in [6.45, 7) is 1.67. The maximum atomic E-state index is 13.9. The topological polar surface area (TPSA) is 85.9 Å². The second-order valence-electron chi connectivity index (χ2n) is 8.26. The molecular weight excluding hydrogens is 481 g/mol. The minimum absolute atomic E-state index is 0.0316. The molecule has 0 spiro atoms. The smallest absolute Gasteiger partial charge is 0.363 e. The molecule has 4 aromatic rings. The van der Waals surface area contributed by atoms with Crippen LogP contribution in [-0.2, 0) is 7.05 Å². The molecule has 35 heavy (non-hydrogen) atoms. The Labute approximate surface area is 201 Å². The van der Waals surface area contributed by atoms with Crippen molar-refractivity contribution in [3.63, 3.8) is 0 Å². The number of fused-ring (bicyclic) bond motifs is 1. The number of benzene rings is 1. The SMILES string of the molecule is Cc1c(NC(=O)c2cc3n(n2)[C@H](C(F)(F)F)C[C@@H](c2cccs2)N3)c(=O)n(-c2ccccc2)n1C. The van der Waals surface area contributed by atoms with E-state index < -0.39 is 29.7 Å². The number of nitrogens with one attached hydrogen (secondary N) is 2. The van der Waals surface area contributed by atoms with E-state index in [2.05, 4.69) is 15.7 Å². The number of carbonyl (C=O) groups is 1. The number of aromatic nitrogens is 4. The summed E-state index contributed by atoms with van der Waals surface area (Å²) in [6, 6.07) is 11.3. The molecule has 0 saturated carbocycles. The molecule has 0 bridgehead atoms. The lowest BCUT2D eigenvalue weighted by atomic mass is 10.0. The Kier molecular flexibility index (Phi) is 5.55. The number of alkyl halides is 3. The highest BCUT2D eigenvalue weighted by Crippen LogP contribution is 2.44. The van der Waals surface area contributed by atoms with E-state index in [4.69, 9.17) is 0 Å². The summed E-state index contributed by atoms with van der Waals surface area (Å²) < 4.78 is 45.4. The van der Waals surface area contributed by atoms with E-state index in [1.807, 2.05) is 6.07 Å². The van der Waals surface area contributed by atoms with E-state index in [0.717, 1.165) is 9.56 Å². The van der Waals surface area contributed by atoms with Crippen LogP contribution in [0.5, 0.6) is 0 Å². The molecule has 8 nitrogen and oxygen atoms in total. The van der Waals surface area contributed by atoms with Crippen molar-refractivity contribution in [3.8, 4) is 5.69 Å². The van der Waals surface area contributed by atoms with Gasteiger partial charge in [0.25, 0.3) is 11.5 Å². The van der Waals surface area contributed by atoms with Gasteiger partial charge in [-0.05, 0) is 30.5 Å². The summed E-state index contributed by atoms with van der Waals surface area (Å²) >= 11 is 1.36. The number of amides is 1. The predicted octanol–water partition coefficient (Wildman–Crippen LogP) is 4.66. The van der Waals surface area contributed by atoms with E-state index >= 15 is 0 Å². The Morgan fingerprint density at radius 3 is 2.60 bits per heavy atom. The number of halogens is 3. The second kappa shape index (κ2) is 8.45. The standard InChI is InChI=1S/C23H21F3N6O2S/c1-13-20(22(34)32(30(13)2)14-7-4-3-5-8-14)28-21(33)16-12-19-27-15(17-9-6-10-35-17)11-18(23(24,25)26)31(19)29-16/h3-10,12,15,18,27H,11H2,1-2H3,(H,28,33)/t15-,18-/m0/s1. The highest BCUT2D eigenvalue weighted by Gasteiger charge is 2.47. The first-order chi connectivity index (χ1) is 16.6. The first kappa shape index (κ1) is 23.0. The molecule has 0 aliphatic carbocycles. The van der Waals surface area contributed by atoms with Crippen molar-refractivity contribution < 1.29 is 18.0 Å². The van der Waals surface area contributed by atoms with Crippen molar-refractivity contribution in [2.75, 3.05) is 10.6 Å². The van der Waals surface area contributed by atoms with E-state index in [-0.39, 0.29) is 23.6 Å². The van der Waals surface area contributed by atoms with Gasteiger partial charge in [-0.2, -0.15) is 18.3 Å². The average molecular weight is 503 g/mol. The summed E-state index contributed by atoms with van der Waals surface area (Å²) in [5, 5.41) is 11.4. The molecule has 12 heteroatoms. The van der Waals surface area contributed by atoms with Crippen molar-refractivity contribution in [3.05, 3.63) is 80.5 Å². The Morgan fingerprint density at radius 1 is 1.20 bits per heavy atom. The van der Waals surface area contributed by atoms with Crippen LogP contribution in [0, 0.1) is 6.92 Å². The van der Waals surface area contributed by atoms with Crippen LogP contribution in [0.3, 0.4) is 0 Å². The third kappa shape index (κ3) is 4.03. The van der Waals surface area contributed by atoms with Gasteiger partial charge >= 0.3 is 6.18 Å². The molecule has 1 aliphatic rings. The number of para-hydroxylation sites is 1. The molecule has 0 radical (unpaired) electrons. The van der Waals surface area contributed by atoms with Crippen LogP contribution in [-0.4, -0.2) is 31.2 Å². The maximum Gasteiger partial charge on any atom is 0.410 e. The predicted molar refractivity (Wildman–Crippen MR) is 126 cm³/mol. The number of anilines is 2. The number of thiophene rings is 1. The minimum Gasteiger partial charge on any atom is -0.363 e. The van der Waals surface area contributed by atoms with Gasteiger partial charge in [-0.3, -0.25) is 14.3 Å². The molecule has 1 aromatic carbocycles. The van der Waals surface area contributed by atoms with E-state index in [1.54, 1.807) is 60.4 Å². The van der Waals surface area contributed by atoms with Crippen LogP contribution in [0.4, 0.5) is 24.7 Å². The Hall–Kier alpha value is -3.80. The van der Waals surface area contributed by atoms with Crippen molar-refractivity contribution >= 4 is 28.7 Å². The summed E-state index contributed by atoms with van der Waals surface area (Å²) in [4.78, 5) is 26.8. The van der Waals surface area contributed by atoms with E-state index in [9.17, 15) is 22.8 Å². The molecule has 4 heterocycles. The van der Waals surface area contributed by atoms with Crippen LogP contribution in [0.25, 0.3) is 5.69 Å². The number of hydrogen-bond acceptors (Lipinski definition) is 5. The van der Waals surface area contributed by atoms with Crippen molar-refractivity contribution in [2.45, 2.75) is 31.6 Å². The molecule has 2 atom stereocenters. The number of hydrogen-bond donors (Lipinski definition) is 2. The third-order valence-corrected chi connectivity index (χ3v) is 7.09. The highest BCUT2D eigenvalue weighted by molar-refractivity contribution is 7.10. The van der Waals surface area contributed by atoms with Crippen LogP contribution >= 0.6 is 11.3 Å². The first-order valence-corrected chi connectivity index (χ1v) is 11.6. The van der Waals surface area contributed by atoms with Gasteiger partial charge in [-0.1, -0.05) is 24.3 Å². The van der Waals surface area contributed by atoms with Gasteiger partial charge in [0.15, 0.2) is 11.7 Å². The quantitative estimate of drug-likeness (QED) is 0.425. The third-order valence-electron chi connectivity index (χ3n) is 6.10. The Bertz CT molecular complexity index is 1440. The average Bonchev–Trinajstić information content (AvgIpc) is 3.55. The lowest BCUT2D eigenvalue weighted by Gasteiger charge is -2.32. The molecule has 1 amide bonds. The normalized spacial score (nSPS) is 17.6. The monoisotopic (exact) mass is 502 g/mol. The van der Waals surface area contributed by atoms with Gasteiger partial charge in [0.05, 0.1) is 17.4 Å². The van der Waals surface area contributed by atoms with Crippen molar-refractivity contribution in [1.82, 2.24) is 19.1 Å². The minimum atomic E-state index is -4.55. The molecule has 0 unspecified atom stereocenters. The summed E-state index contributed by atoms with van der Waals surface area (Å²) in [5.41, 5.74) is 0.447. The van der Waals surface area contributed by atoms with Crippen LogP contribution in [0.15, 0.2) is 58.7 Å². The fraction of sp³-hybridized carbons (Fsp3) is 0.261. The largest absolute Gasteiger partial charge is 0.410 e. The molecular formula is C23H21F3N6O2S. The summed E-state index contributed by atoms with van der Waals surface area (Å²) in [7, 11) is 1.68. The first-order valence-electron chi connectivity index (χ1n) is 10.8. The van der Waals surface area contributed by atoms with Gasteiger partial charge in [-0.25, -0.2) is 9.36 Å². The fourth-order valence-electron chi connectivity index (χ4n) is 4.25. The zero-order valence-electron chi connectivity index (χ0n) is 18.7. The van der Waals surface area contributed by atoms with Crippen molar-refractivity contribution in [2.24, 2.45) is 7.05 Å². The zero-order chi connectivity index (χ0) is 24.9. The maximum absolute atomic E-state index is 13.9. The van der Waals surface area contributed by atoms with Gasteiger partial charge < -0.3 is 10.6 Å². The van der Waals surface area contributed by atoms with Gasteiger partial charge in [0.2, 0.25) is 0 Å². The lowest BCUT2D eigenvalue weighted by molar-refractivity contribution is -0.173. The molecule has 0 saturated heterocycles. The van der Waals surface area contributed by atoms with Gasteiger partial charge in [0.1, 0.15) is 11.5 Å². The van der Waals surface area contributed by atoms with Crippen LogP contribution in [0.2, 0.25) is 0 Å². The summed E-state index contributed by atoms with van der Waals surface area (Å²) in [6.07, 6.45) is -4.80.